The van der Waals surface area contributed by atoms with E-state index in [4.69, 9.17) is 9.47 Å². The van der Waals surface area contributed by atoms with Gasteiger partial charge in [0.1, 0.15) is 30.5 Å². The largest absolute Gasteiger partial charge is 0.457 e. The molecule has 8 N–H and O–H groups in total. The van der Waals surface area contributed by atoms with Crippen LogP contribution in [0.1, 0.15) is 6.42 Å². The number of amidine groups is 1. The van der Waals surface area contributed by atoms with Crippen LogP contribution in [-0.4, -0.2) is 110 Å². The number of aliphatic hydroxyl groups is 7. The van der Waals surface area contributed by atoms with E-state index in [2.05, 4.69) is 10.3 Å². The maximum absolute atomic E-state index is 10.1. The first kappa shape index (κ1) is 18.7. The van der Waals surface area contributed by atoms with Crippen LogP contribution < -0.4 is 5.32 Å². The molecule has 0 aromatic rings. The summed E-state index contributed by atoms with van der Waals surface area (Å²) >= 11 is 0. The van der Waals surface area contributed by atoms with Gasteiger partial charge >= 0.3 is 0 Å². The van der Waals surface area contributed by atoms with E-state index < -0.39 is 67.5 Å². The average Bonchev–Trinajstić information content (AvgIpc) is 3.01. The summed E-state index contributed by atoms with van der Waals surface area (Å²) in [6.07, 6.45) is -9.71. The molecule has 0 bridgehead atoms. The standard InChI is InChI=1S/C14H24N2O9/c17-2-4-1-5-12(10(22)7(4)19)25-14(15-5)16-13-11(23)9(21)8(20)6(3-18)24-13/h4-13,17-23H,1-3H2,(H,15,16)/t4-,5-,6-,7-,8-,9+,10+,11-,12+,13?/m1/s1. The lowest BCUT2D eigenvalue weighted by Gasteiger charge is -2.40. The fraction of sp³-hybridized carbons (Fsp3) is 0.929. The van der Waals surface area contributed by atoms with Crippen molar-refractivity contribution in [3.63, 3.8) is 0 Å². The number of aliphatic imine (C=N–C) groups is 1. The van der Waals surface area contributed by atoms with Gasteiger partial charge in [0.05, 0.1) is 18.8 Å². The van der Waals surface area contributed by atoms with Gasteiger partial charge in [-0.3, -0.25) is 0 Å². The number of hydrogen-bond donors (Lipinski definition) is 8. The third kappa shape index (κ3) is 3.34. The van der Waals surface area contributed by atoms with E-state index in [1.807, 2.05) is 0 Å². The molecule has 1 aliphatic carbocycles. The highest BCUT2D eigenvalue weighted by atomic mass is 16.6. The van der Waals surface area contributed by atoms with Crippen molar-refractivity contribution in [2.24, 2.45) is 10.9 Å². The second-order valence-electron chi connectivity index (χ2n) is 6.64. The van der Waals surface area contributed by atoms with Crippen LogP contribution in [0.5, 0.6) is 0 Å². The Hall–Kier alpha value is -1.05. The predicted molar refractivity (Wildman–Crippen MR) is 80.2 cm³/mol. The van der Waals surface area contributed by atoms with Gasteiger partial charge in [0, 0.05) is 12.5 Å². The molecule has 3 rings (SSSR count). The van der Waals surface area contributed by atoms with Crippen molar-refractivity contribution in [2.45, 2.75) is 61.4 Å². The summed E-state index contributed by atoms with van der Waals surface area (Å²) in [5.41, 5.74) is 0. The highest BCUT2D eigenvalue weighted by molar-refractivity contribution is 5.76. The molecule has 1 saturated heterocycles. The van der Waals surface area contributed by atoms with Crippen molar-refractivity contribution in [2.75, 3.05) is 13.2 Å². The summed E-state index contributed by atoms with van der Waals surface area (Å²) in [5.74, 6) is -0.532. The summed E-state index contributed by atoms with van der Waals surface area (Å²) < 4.78 is 10.8. The summed E-state index contributed by atoms with van der Waals surface area (Å²) in [6.45, 7) is -0.864. The summed E-state index contributed by atoms with van der Waals surface area (Å²) in [4.78, 5) is 4.22. The lowest BCUT2D eigenvalue weighted by atomic mass is 9.80. The van der Waals surface area contributed by atoms with Gasteiger partial charge in [-0.2, -0.15) is 0 Å². The van der Waals surface area contributed by atoms with Gasteiger partial charge in [0.2, 0.25) is 0 Å². The first-order valence-electron chi connectivity index (χ1n) is 8.15. The molecule has 0 spiro atoms. The number of nitrogens with zero attached hydrogens (tertiary/aromatic N) is 1. The third-order valence-electron chi connectivity index (χ3n) is 5.02. The molecule has 0 radical (unpaired) electrons. The zero-order chi connectivity index (χ0) is 18.3. The quantitative estimate of drug-likeness (QED) is 0.242. The average molecular weight is 364 g/mol. The zero-order valence-corrected chi connectivity index (χ0v) is 13.3. The van der Waals surface area contributed by atoms with Crippen molar-refractivity contribution in [1.29, 1.82) is 0 Å². The van der Waals surface area contributed by atoms with Gasteiger partial charge in [-0.05, 0) is 6.42 Å². The van der Waals surface area contributed by atoms with Crippen molar-refractivity contribution >= 4 is 6.02 Å². The van der Waals surface area contributed by atoms with Crippen LogP contribution in [0.3, 0.4) is 0 Å². The van der Waals surface area contributed by atoms with Crippen LogP contribution in [0, 0.1) is 5.92 Å². The molecule has 1 saturated carbocycles. The minimum Gasteiger partial charge on any atom is -0.457 e. The second-order valence-corrected chi connectivity index (χ2v) is 6.64. The number of rotatable bonds is 3. The Kier molecular flexibility index (Phi) is 5.46. The first-order valence-corrected chi connectivity index (χ1v) is 8.15. The van der Waals surface area contributed by atoms with Gasteiger partial charge in [0.15, 0.2) is 12.3 Å². The van der Waals surface area contributed by atoms with Gasteiger partial charge < -0.3 is 50.5 Å². The Morgan fingerprint density at radius 1 is 0.920 bits per heavy atom. The molecular weight excluding hydrogens is 340 g/mol. The van der Waals surface area contributed by atoms with Gasteiger partial charge in [0.25, 0.3) is 6.02 Å². The highest BCUT2D eigenvalue weighted by Crippen LogP contribution is 2.33. The number of aliphatic hydroxyl groups excluding tert-OH is 7. The minimum absolute atomic E-state index is 0.0656. The summed E-state index contributed by atoms with van der Waals surface area (Å²) in [7, 11) is 0. The van der Waals surface area contributed by atoms with Gasteiger partial charge in [-0.15, -0.1) is 0 Å². The fourth-order valence-electron chi connectivity index (χ4n) is 3.47. The maximum atomic E-state index is 10.1. The smallest absolute Gasteiger partial charge is 0.287 e. The van der Waals surface area contributed by atoms with Crippen LogP contribution in [0.4, 0.5) is 0 Å². The molecule has 25 heavy (non-hydrogen) atoms. The first-order chi connectivity index (χ1) is 11.9. The second kappa shape index (κ2) is 7.29. The highest BCUT2D eigenvalue weighted by Gasteiger charge is 2.49. The normalized spacial score (nSPS) is 50.0. The van der Waals surface area contributed by atoms with E-state index >= 15 is 0 Å². The monoisotopic (exact) mass is 364 g/mol. The molecule has 2 fully saturated rings. The molecule has 0 aromatic heterocycles. The number of nitrogens with one attached hydrogen (secondary N) is 1. The number of fused-ring (bicyclic) bond motifs is 1. The molecule has 11 heteroatoms. The Balaban J connectivity index is 1.68. The lowest BCUT2D eigenvalue weighted by molar-refractivity contribution is -0.233. The topological polar surface area (TPSA) is 184 Å². The van der Waals surface area contributed by atoms with E-state index in [-0.39, 0.29) is 12.6 Å². The predicted octanol–water partition coefficient (Wildman–Crippen LogP) is -4.77. The molecule has 11 nitrogen and oxygen atoms in total. The molecule has 0 aromatic carbocycles. The molecule has 0 amide bonds. The zero-order valence-electron chi connectivity index (χ0n) is 13.3. The van der Waals surface area contributed by atoms with Crippen LogP contribution in [-0.2, 0) is 9.47 Å². The Labute approximate surface area is 143 Å². The molecule has 144 valence electrons. The SMILES string of the molecule is OC[C@H]1C[C@H]2N=C(NC3O[C@H](CO)[C@@H](O)[C@H](O)[C@H]3O)O[C@@H]2[C@@H](O)[C@@H]1O. The molecule has 10 atom stereocenters. The van der Waals surface area contributed by atoms with Gasteiger partial charge in [-0.25, -0.2) is 4.99 Å². The van der Waals surface area contributed by atoms with Crippen molar-refractivity contribution in [3.05, 3.63) is 0 Å². The number of ether oxygens (including phenoxy) is 2. The van der Waals surface area contributed by atoms with E-state index in [1.54, 1.807) is 0 Å². The van der Waals surface area contributed by atoms with E-state index in [0.717, 1.165) is 0 Å². The van der Waals surface area contributed by atoms with Crippen LogP contribution in [0.15, 0.2) is 4.99 Å². The van der Waals surface area contributed by atoms with Crippen LogP contribution in [0.2, 0.25) is 0 Å². The third-order valence-corrected chi connectivity index (χ3v) is 5.02. The van der Waals surface area contributed by atoms with E-state index in [9.17, 15) is 35.7 Å². The molecular formula is C14H24N2O9. The Morgan fingerprint density at radius 3 is 2.28 bits per heavy atom. The minimum atomic E-state index is -1.54. The van der Waals surface area contributed by atoms with Crippen molar-refractivity contribution < 1.29 is 45.2 Å². The summed E-state index contributed by atoms with van der Waals surface area (Å²) in [5, 5.41) is 70.7. The van der Waals surface area contributed by atoms with E-state index in [1.165, 1.54) is 0 Å². The molecule has 3 aliphatic rings. The lowest BCUT2D eigenvalue weighted by Crippen LogP contribution is -2.63. The maximum Gasteiger partial charge on any atom is 0.287 e. The van der Waals surface area contributed by atoms with E-state index in [0.29, 0.717) is 6.42 Å². The molecule has 1 unspecified atom stereocenters. The fourth-order valence-corrected chi connectivity index (χ4v) is 3.47. The Bertz CT molecular complexity index is 505. The van der Waals surface area contributed by atoms with Gasteiger partial charge in [-0.1, -0.05) is 0 Å². The molecule has 2 heterocycles. The summed E-state index contributed by atoms with van der Waals surface area (Å²) in [6, 6.07) is -0.563. The van der Waals surface area contributed by atoms with Crippen molar-refractivity contribution in [3.8, 4) is 0 Å². The van der Waals surface area contributed by atoms with Crippen LogP contribution in [0.25, 0.3) is 0 Å². The van der Waals surface area contributed by atoms with Crippen molar-refractivity contribution in [1.82, 2.24) is 5.32 Å². The molecule has 2 aliphatic heterocycles. The van der Waals surface area contributed by atoms with Crippen LogP contribution >= 0.6 is 0 Å². The number of hydrogen-bond acceptors (Lipinski definition) is 11. The Morgan fingerprint density at radius 2 is 1.64 bits per heavy atom.